The van der Waals surface area contributed by atoms with E-state index in [0.717, 1.165) is 66.9 Å². The number of hydrogen-bond donors (Lipinski definition) is 0. The van der Waals surface area contributed by atoms with Crippen molar-refractivity contribution >= 4 is 22.6 Å². The summed E-state index contributed by atoms with van der Waals surface area (Å²) in [5.41, 5.74) is 25.9. The minimum absolute atomic E-state index is 0.645. The molecular formula is C92H117NO4. The van der Waals surface area contributed by atoms with Gasteiger partial charge in [-0.1, -0.05) is 241 Å². The molecule has 0 aromatic heterocycles. The highest BCUT2D eigenvalue weighted by Crippen LogP contribution is 2.67. The second-order valence-corrected chi connectivity index (χ2v) is 30.7. The van der Waals surface area contributed by atoms with Crippen molar-refractivity contribution in [2.75, 3.05) is 31.3 Å². The minimum Gasteiger partial charge on any atom is -0.490 e. The fourth-order valence-corrected chi connectivity index (χ4v) is 18.6. The van der Waals surface area contributed by atoms with Crippen molar-refractivity contribution in [3.05, 3.63) is 177 Å². The predicted octanol–water partition coefficient (Wildman–Crippen LogP) is 26.7. The zero-order valence-electron chi connectivity index (χ0n) is 60.9. The summed E-state index contributed by atoms with van der Waals surface area (Å²) in [6.07, 6.45) is 39.4. The van der Waals surface area contributed by atoms with Crippen LogP contribution in [0.4, 0.5) is 17.1 Å². The Labute approximate surface area is 586 Å². The largest absolute Gasteiger partial charge is 0.490 e. The number of nitrogens with zero attached hydrogens (tertiary/aromatic N) is 1. The summed E-state index contributed by atoms with van der Waals surface area (Å²) in [6, 6.07) is 49.0. The number of allylic oxidation sites excluding steroid dienone is 1. The van der Waals surface area contributed by atoms with Gasteiger partial charge in [-0.2, -0.15) is 0 Å². The van der Waals surface area contributed by atoms with Crippen molar-refractivity contribution in [2.45, 2.75) is 259 Å². The molecule has 14 rings (SSSR count). The van der Waals surface area contributed by atoms with E-state index in [2.05, 4.69) is 175 Å². The summed E-state index contributed by atoms with van der Waals surface area (Å²) in [6.45, 7) is 18.8. The highest BCUT2D eigenvalue weighted by molar-refractivity contribution is 6.04. The molecule has 0 radical (unpaired) electrons. The van der Waals surface area contributed by atoms with Crippen LogP contribution in [0.25, 0.3) is 39.0 Å². The molecule has 5 nitrogen and oxygen atoms in total. The molecule has 4 fully saturated rings. The van der Waals surface area contributed by atoms with Gasteiger partial charge in [-0.05, 0) is 242 Å². The molecule has 1 heterocycles. The van der Waals surface area contributed by atoms with E-state index in [4.69, 9.17) is 18.9 Å². The Morgan fingerprint density at radius 1 is 0.340 bits per heavy atom. The van der Waals surface area contributed by atoms with Crippen LogP contribution >= 0.6 is 0 Å². The van der Waals surface area contributed by atoms with Crippen molar-refractivity contribution in [1.82, 2.24) is 0 Å². The Hall–Kier alpha value is -6.72. The molecule has 97 heavy (non-hydrogen) atoms. The van der Waals surface area contributed by atoms with Crippen LogP contribution in [0.2, 0.25) is 0 Å². The van der Waals surface area contributed by atoms with Crippen LogP contribution in [0.15, 0.2) is 127 Å². The Kier molecular flexibility index (Phi) is 23.1. The smallest absolute Gasteiger partial charge is 0.161 e. The van der Waals surface area contributed by atoms with Crippen LogP contribution in [0, 0.1) is 37.5 Å². The van der Waals surface area contributed by atoms with Crippen molar-refractivity contribution in [2.24, 2.45) is 23.7 Å². The maximum atomic E-state index is 7.18. The molecule has 1 spiro atoms. The molecule has 4 bridgehead atoms. The third-order valence-corrected chi connectivity index (χ3v) is 23.4. The molecule has 0 N–H and O–H groups in total. The lowest BCUT2D eigenvalue weighted by Crippen LogP contribution is -2.41. The lowest BCUT2D eigenvalue weighted by atomic mass is 9.53. The number of ether oxygens (including phenoxy) is 4. The molecule has 514 valence electrons. The zero-order chi connectivity index (χ0) is 66.7. The molecule has 4 saturated carbocycles. The van der Waals surface area contributed by atoms with Gasteiger partial charge in [0.05, 0.1) is 43.2 Å². The van der Waals surface area contributed by atoms with Crippen LogP contribution in [0.1, 0.15) is 284 Å². The van der Waals surface area contributed by atoms with Gasteiger partial charge in [0.2, 0.25) is 0 Å². The van der Waals surface area contributed by atoms with Crippen LogP contribution in [-0.2, 0) is 11.8 Å². The fourth-order valence-electron chi connectivity index (χ4n) is 18.6. The minimum atomic E-state index is -0.707. The maximum absolute atomic E-state index is 7.18. The van der Waals surface area contributed by atoms with Crippen molar-refractivity contribution < 1.29 is 18.9 Å². The number of fused-ring (bicyclic) bond motifs is 12. The topological polar surface area (TPSA) is 40.2 Å². The summed E-state index contributed by atoms with van der Waals surface area (Å²) >= 11 is 0. The molecule has 0 atom stereocenters. The van der Waals surface area contributed by atoms with Crippen molar-refractivity contribution in [3.8, 4) is 56.4 Å². The summed E-state index contributed by atoms with van der Waals surface area (Å²) in [5.74, 6) is 6.46. The highest BCUT2D eigenvalue weighted by atomic mass is 16.5. The van der Waals surface area contributed by atoms with Crippen LogP contribution in [-0.4, -0.2) is 26.4 Å². The first-order valence-corrected chi connectivity index (χ1v) is 39.8. The molecule has 7 aliphatic rings. The van der Waals surface area contributed by atoms with Crippen LogP contribution in [0.3, 0.4) is 0 Å². The summed E-state index contributed by atoms with van der Waals surface area (Å²) in [4.78, 5) is 2.61. The van der Waals surface area contributed by atoms with E-state index in [1.54, 1.807) is 5.57 Å². The van der Waals surface area contributed by atoms with E-state index in [9.17, 15) is 0 Å². The van der Waals surface area contributed by atoms with Gasteiger partial charge in [-0.25, -0.2) is 0 Å². The molecule has 7 aromatic rings. The van der Waals surface area contributed by atoms with Crippen LogP contribution < -0.4 is 23.8 Å². The van der Waals surface area contributed by atoms with E-state index >= 15 is 0 Å². The highest BCUT2D eigenvalue weighted by Gasteiger charge is 2.54. The third kappa shape index (κ3) is 14.7. The predicted molar refractivity (Wildman–Crippen MR) is 409 cm³/mol. The first-order chi connectivity index (χ1) is 47.7. The fraction of sp³-hybridized carbons (Fsp3) is 0.522. The molecule has 1 aliphatic heterocycles. The summed E-state index contributed by atoms with van der Waals surface area (Å²) in [5, 5.41) is 0. The molecule has 7 aromatic carbocycles. The number of benzene rings is 7. The van der Waals surface area contributed by atoms with E-state index in [1.165, 1.54) is 279 Å². The van der Waals surface area contributed by atoms with E-state index in [-0.39, 0.29) is 0 Å². The molecule has 5 heteroatoms. The summed E-state index contributed by atoms with van der Waals surface area (Å²) in [7, 11) is 0. The van der Waals surface area contributed by atoms with Gasteiger partial charge >= 0.3 is 0 Å². The number of aryl methyl sites for hydroxylation is 3. The Morgan fingerprint density at radius 2 is 0.732 bits per heavy atom. The Morgan fingerprint density at radius 3 is 1.24 bits per heavy atom. The SMILES string of the molecule is CCCCCCCCOc1cc2c(cc1OCCCCCCCC)C1(c3cc(C)ccc3-c3ccc(-c4ccc5c(c4)C(=C4C6CC7CC(C6)CC4C7)c4cc(C)ccc4N5c4ccc(CCCC)cc4)cc31)c1cc(OCCCCCCCC)c(OCCCCCCCC)cc1-2. The molecule has 0 amide bonds. The van der Waals surface area contributed by atoms with Gasteiger partial charge < -0.3 is 23.8 Å². The van der Waals surface area contributed by atoms with E-state index in [1.807, 2.05) is 0 Å². The number of unbranched alkanes of at least 4 members (excludes halogenated alkanes) is 21. The molecular weight excluding hydrogens is 1180 g/mol. The Balaban J connectivity index is 0.986. The van der Waals surface area contributed by atoms with Gasteiger partial charge in [0, 0.05) is 16.8 Å². The van der Waals surface area contributed by atoms with Gasteiger partial charge in [0.1, 0.15) is 0 Å². The quantitative estimate of drug-likeness (QED) is 0.0363. The van der Waals surface area contributed by atoms with Gasteiger partial charge in [-0.15, -0.1) is 0 Å². The third-order valence-electron chi connectivity index (χ3n) is 23.4. The van der Waals surface area contributed by atoms with E-state index < -0.39 is 5.41 Å². The second kappa shape index (κ2) is 32.5. The lowest BCUT2D eigenvalue weighted by molar-refractivity contribution is 0.0705. The van der Waals surface area contributed by atoms with Crippen molar-refractivity contribution in [3.63, 3.8) is 0 Å². The van der Waals surface area contributed by atoms with Gasteiger partial charge in [-0.3, -0.25) is 0 Å². The average Bonchev–Trinajstić information content (AvgIpc) is 1.52. The lowest BCUT2D eigenvalue weighted by Gasteiger charge is -2.53. The van der Waals surface area contributed by atoms with Gasteiger partial charge in [0.15, 0.2) is 23.0 Å². The summed E-state index contributed by atoms with van der Waals surface area (Å²) < 4.78 is 28.5. The molecule has 0 saturated heterocycles. The molecule has 0 unspecified atom stereocenters. The average molecular weight is 1300 g/mol. The zero-order valence-corrected chi connectivity index (χ0v) is 60.9. The molecule has 6 aliphatic carbocycles. The van der Waals surface area contributed by atoms with E-state index in [0.29, 0.717) is 38.3 Å². The number of hydrogen-bond acceptors (Lipinski definition) is 5. The van der Waals surface area contributed by atoms with Crippen molar-refractivity contribution in [1.29, 1.82) is 0 Å². The second-order valence-electron chi connectivity index (χ2n) is 30.7. The first kappa shape index (κ1) is 68.8. The van der Waals surface area contributed by atoms with Gasteiger partial charge in [0.25, 0.3) is 0 Å². The Bertz CT molecular complexity index is 3710. The standard InChI is InChI=1S/C92H117NO4/c1-8-13-18-22-26-30-47-94-86-60-76-77-61-87(95-48-31-27-23-19-14-9-2)89(97-50-33-29-25-21-16-11-4)63-83(77)92(82(76)62-88(86)96-49-32-28-24-20-15-10-3)80-52-65(7)35-43-74(80)75-44-39-70(59-81(75)92)69-40-46-85-79(58-69)91(90-71-54-67-53-68(56-71)57-72(90)55-67)78-51-64(6)36-45-84(78)93(85)73-41-37-66(38-42-73)34-17-12-5/h35-46,51-52,58-63,67-68,71-72H,8-34,47-50,53-57H2,1-7H3. The number of rotatable bonds is 37. The number of anilines is 3. The monoisotopic (exact) mass is 1300 g/mol. The maximum Gasteiger partial charge on any atom is 0.161 e. The van der Waals surface area contributed by atoms with Crippen LogP contribution in [0.5, 0.6) is 23.0 Å². The normalized spacial score (nSPS) is 17.9. The first-order valence-electron chi connectivity index (χ1n) is 39.8.